The summed E-state index contributed by atoms with van der Waals surface area (Å²) in [6, 6.07) is 10.8. The molecule has 0 saturated carbocycles. The number of hydrogen-bond acceptors (Lipinski definition) is 4. The van der Waals surface area contributed by atoms with Gasteiger partial charge in [-0.05, 0) is 56.0 Å². The van der Waals surface area contributed by atoms with E-state index in [0.717, 1.165) is 38.5 Å². The minimum Gasteiger partial charge on any atom is -0.381 e. The summed E-state index contributed by atoms with van der Waals surface area (Å²) in [7, 11) is 0. The van der Waals surface area contributed by atoms with Crippen molar-refractivity contribution in [2.24, 2.45) is 5.92 Å². The number of nitrogens with zero attached hydrogens (tertiary/aromatic N) is 2. The predicted molar refractivity (Wildman–Crippen MR) is 105 cm³/mol. The molecule has 3 rings (SSSR count). The van der Waals surface area contributed by atoms with Gasteiger partial charge < -0.3 is 15.0 Å². The quantitative estimate of drug-likeness (QED) is 0.822. The number of pyridine rings is 1. The topological polar surface area (TPSA) is 54.5 Å². The van der Waals surface area contributed by atoms with Crippen LogP contribution in [0, 0.1) is 5.92 Å². The Morgan fingerprint density at radius 1 is 1.38 bits per heavy atom. The third kappa shape index (κ3) is 4.96. The Morgan fingerprint density at radius 2 is 2.27 bits per heavy atom. The third-order valence-electron chi connectivity index (χ3n) is 4.49. The highest BCUT2D eigenvalue weighted by molar-refractivity contribution is 6.30. The largest absolute Gasteiger partial charge is 0.381 e. The van der Waals surface area contributed by atoms with Crippen LogP contribution in [0.2, 0.25) is 5.02 Å². The average Bonchev–Trinajstić information content (AvgIpc) is 2.67. The molecule has 2 aromatic rings. The molecule has 1 aromatic heterocycles. The lowest BCUT2D eigenvalue weighted by Gasteiger charge is -2.33. The molecule has 1 saturated heterocycles. The first-order chi connectivity index (χ1) is 12.7. The van der Waals surface area contributed by atoms with Crippen molar-refractivity contribution in [3.63, 3.8) is 0 Å². The van der Waals surface area contributed by atoms with Crippen LogP contribution in [0.4, 0.5) is 11.5 Å². The number of rotatable bonds is 6. The smallest absolute Gasteiger partial charge is 0.257 e. The van der Waals surface area contributed by atoms with Crippen molar-refractivity contribution in [2.45, 2.75) is 19.8 Å². The van der Waals surface area contributed by atoms with Crippen LogP contribution in [0.5, 0.6) is 0 Å². The average molecular weight is 374 g/mol. The predicted octanol–water partition coefficient (Wildman–Crippen LogP) is 4.24. The van der Waals surface area contributed by atoms with E-state index in [1.807, 2.05) is 19.1 Å². The van der Waals surface area contributed by atoms with E-state index in [1.165, 1.54) is 6.42 Å². The van der Waals surface area contributed by atoms with E-state index in [2.05, 4.69) is 15.2 Å². The molecule has 1 fully saturated rings. The van der Waals surface area contributed by atoms with E-state index in [4.69, 9.17) is 16.3 Å². The number of benzene rings is 1. The molecular formula is C20H24ClN3O2. The molecular weight excluding hydrogens is 350 g/mol. The summed E-state index contributed by atoms with van der Waals surface area (Å²) in [6.45, 7) is 5.51. The van der Waals surface area contributed by atoms with Crippen molar-refractivity contribution >= 4 is 29.0 Å². The Hall–Kier alpha value is -2.11. The minimum atomic E-state index is -0.195. The molecule has 1 N–H and O–H groups in total. The number of nitrogens with one attached hydrogen (secondary N) is 1. The van der Waals surface area contributed by atoms with Gasteiger partial charge in [0.1, 0.15) is 5.82 Å². The SMILES string of the molecule is CCOCC1CCCN(c2ccc(C(=O)Nc3cccc(Cl)c3)cn2)C1. The van der Waals surface area contributed by atoms with Gasteiger partial charge in [0, 0.05) is 36.6 Å². The second kappa shape index (κ2) is 9.01. The lowest BCUT2D eigenvalue weighted by molar-refractivity contribution is 0.102. The second-order valence-corrected chi connectivity index (χ2v) is 6.92. The Kier molecular flexibility index (Phi) is 6.47. The Labute approximate surface area is 159 Å². The molecule has 1 unspecified atom stereocenters. The second-order valence-electron chi connectivity index (χ2n) is 6.48. The zero-order valence-corrected chi connectivity index (χ0v) is 15.7. The van der Waals surface area contributed by atoms with Crippen molar-refractivity contribution in [1.29, 1.82) is 0 Å². The van der Waals surface area contributed by atoms with Gasteiger partial charge in [-0.3, -0.25) is 4.79 Å². The van der Waals surface area contributed by atoms with Crippen LogP contribution in [-0.2, 0) is 4.74 Å². The molecule has 0 radical (unpaired) electrons. The molecule has 1 aliphatic rings. The van der Waals surface area contributed by atoms with Crippen LogP contribution in [-0.4, -0.2) is 37.2 Å². The van der Waals surface area contributed by atoms with Crippen molar-refractivity contribution in [2.75, 3.05) is 36.5 Å². The van der Waals surface area contributed by atoms with Crippen LogP contribution < -0.4 is 10.2 Å². The maximum Gasteiger partial charge on any atom is 0.257 e. The fourth-order valence-electron chi connectivity index (χ4n) is 3.17. The normalized spacial score (nSPS) is 17.2. The van der Waals surface area contributed by atoms with Gasteiger partial charge in [-0.25, -0.2) is 4.98 Å². The number of anilines is 2. The molecule has 6 heteroatoms. The van der Waals surface area contributed by atoms with Gasteiger partial charge in [0.2, 0.25) is 0 Å². The molecule has 0 spiro atoms. The number of ether oxygens (including phenoxy) is 1. The van der Waals surface area contributed by atoms with E-state index in [-0.39, 0.29) is 5.91 Å². The van der Waals surface area contributed by atoms with Crippen LogP contribution in [0.1, 0.15) is 30.1 Å². The van der Waals surface area contributed by atoms with Crippen LogP contribution in [0.25, 0.3) is 0 Å². The van der Waals surface area contributed by atoms with Gasteiger partial charge in [0.15, 0.2) is 0 Å². The molecule has 1 aromatic carbocycles. The summed E-state index contributed by atoms with van der Waals surface area (Å²) < 4.78 is 5.56. The van der Waals surface area contributed by atoms with Crippen LogP contribution in [0.15, 0.2) is 42.6 Å². The van der Waals surface area contributed by atoms with Gasteiger partial charge in [-0.1, -0.05) is 17.7 Å². The van der Waals surface area contributed by atoms with Crippen molar-refractivity contribution in [1.82, 2.24) is 4.98 Å². The van der Waals surface area contributed by atoms with E-state index in [9.17, 15) is 4.79 Å². The third-order valence-corrected chi connectivity index (χ3v) is 4.73. The molecule has 1 atom stereocenters. The summed E-state index contributed by atoms with van der Waals surface area (Å²) in [6.07, 6.45) is 3.95. The van der Waals surface area contributed by atoms with Gasteiger partial charge in [0.25, 0.3) is 5.91 Å². The molecule has 0 bridgehead atoms. The Bertz CT molecular complexity index is 736. The minimum absolute atomic E-state index is 0.195. The molecule has 1 amide bonds. The first-order valence-electron chi connectivity index (χ1n) is 9.01. The van der Waals surface area contributed by atoms with Crippen LogP contribution in [0.3, 0.4) is 0 Å². The van der Waals surface area contributed by atoms with Crippen molar-refractivity contribution in [3.05, 3.63) is 53.2 Å². The van der Waals surface area contributed by atoms with E-state index in [0.29, 0.717) is 22.2 Å². The lowest BCUT2D eigenvalue weighted by atomic mass is 9.99. The number of carbonyl (C=O) groups is 1. The summed E-state index contributed by atoms with van der Waals surface area (Å²) in [4.78, 5) is 19.1. The van der Waals surface area contributed by atoms with Gasteiger partial charge in [0.05, 0.1) is 12.2 Å². The number of amides is 1. The summed E-state index contributed by atoms with van der Waals surface area (Å²) in [5, 5.41) is 3.42. The van der Waals surface area contributed by atoms with E-state index in [1.54, 1.807) is 30.5 Å². The Balaban J connectivity index is 1.61. The number of hydrogen-bond donors (Lipinski definition) is 1. The van der Waals surface area contributed by atoms with Gasteiger partial charge in [-0.15, -0.1) is 0 Å². The van der Waals surface area contributed by atoms with Crippen molar-refractivity contribution in [3.8, 4) is 0 Å². The number of piperidine rings is 1. The fraction of sp³-hybridized carbons (Fsp3) is 0.400. The fourth-order valence-corrected chi connectivity index (χ4v) is 3.36. The summed E-state index contributed by atoms with van der Waals surface area (Å²) >= 11 is 5.95. The number of halogens is 1. The summed E-state index contributed by atoms with van der Waals surface area (Å²) in [5.41, 5.74) is 1.19. The molecule has 26 heavy (non-hydrogen) atoms. The zero-order chi connectivity index (χ0) is 18.4. The van der Waals surface area contributed by atoms with Crippen molar-refractivity contribution < 1.29 is 9.53 Å². The molecule has 0 aliphatic carbocycles. The highest BCUT2D eigenvalue weighted by atomic mass is 35.5. The van der Waals surface area contributed by atoms with E-state index >= 15 is 0 Å². The first-order valence-corrected chi connectivity index (χ1v) is 9.39. The van der Waals surface area contributed by atoms with Gasteiger partial charge >= 0.3 is 0 Å². The zero-order valence-electron chi connectivity index (χ0n) is 15.0. The number of carbonyl (C=O) groups excluding carboxylic acids is 1. The monoisotopic (exact) mass is 373 g/mol. The lowest BCUT2D eigenvalue weighted by Crippen LogP contribution is -2.37. The first kappa shape index (κ1) is 18.7. The van der Waals surface area contributed by atoms with Gasteiger partial charge in [-0.2, -0.15) is 0 Å². The Morgan fingerprint density at radius 3 is 3.00 bits per heavy atom. The molecule has 138 valence electrons. The maximum atomic E-state index is 12.4. The van der Waals surface area contributed by atoms with E-state index < -0.39 is 0 Å². The number of aromatic nitrogens is 1. The highest BCUT2D eigenvalue weighted by Crippen LogP contribution is 2.22. The van der Waals surface area contributed by atoms with Crippen LogP contribution >= 0.6 is 11.6 Å². The highest BCUT2D eigenvalue weighted by Gasteiger charge is 2.21. The molecule has 2 heterocycles. The molecule has 1 aliphatic heterocycles. The summed E-state index contributed by atoms with van der Waals surface area (Å²) in [5.74, 6) is 1.25. The molecule has 5 nitrogen and oxygen atoms in total. The maximum absolute atomic E-state index is 12.4. The standard InChI is InChI=1S/C20H24ClN3O2/c1-2-26-14-15-5-4-10-24(13-15)19-9-8-16(12-22-19)20(25)23-18-7-3-6-17(21)11-18/h3,6-9,11-12,15H,2,4-5,10,13-14H2,1H3,(H,23,25).